The lowest BCUT2D eigenvalue weighted by molar-refractivity contribution is 0.453. The van der Waals surface area contributed by atoms with E-state index in [1.807, 2.05) is 18.2 Å². The number of hydrogen-bond donors (Lipinski definition) is 1. The third-order valence-electron chi connectivity index (χ3n) is 3.03. The highest BCUT2D eigenvalue weighted by atomic mass is 19.2. The van der Waals surface area contributed by atoms with Crippen molar-refractivity contribution in [3.05, 3.63) is 59.9 Å². The van der Waals surface area contributed by atoms with Crippen molar-refractivity contribution in [3.63, 3.8) is 0 Å². The summed E-state index contributed by atoms with van der Waals surface area (Å²) >= 11 is 0. The number of aromatic nitrogens is 1. The Bertz CT molecular complexity index is 801. The molecule has 0 atom stereocenters. The molecule has 0 saturated carbocycles. The van der Waals surface area contributed by atoms with Crippen molar-refractivity contribution in [1.29, 1.82) is 0 Å². The van der Waals surface area contributed by atoms with Gasteiger partial charge >= 0.3 is 0 Å². The molecule has 0 aliphatic heterocycles. The number of nitrogen functional groups attached to an aromatic ring is 1. The molecule has 1 heterocycles. The molecule has 1 aromatic heterocycles. The highest BCUT2D eigenvalue weighted by molar-refractivity contribution is 5.93. The SMILES string of the molecule is Nc1cc(-c2ccccc2)nc2cc(F)c(F)c(F)c12. The lowest BCUT2D eigenvalue weighted by Gasteiger charge is -2.08. The molecular weight excluding hydrogens is 265 g/mol. The summed E-state index contributed by atoms with van der Waals surface area (Å²) in [6, 6.07) is 11.3. The van der Waals surface area contributed by atoms with Crippen LogP contribution in [0.3, 0.4) is 0 Å². The molecule has 0 aliphatic rings. The molecule has 0 saturated heterocycles. The Balaban J connectivity index is 2.33. The smallest absolute Gasteiger partial charge is 0.195 e. The van der Waals surface area contributed by atoms with Crippen LogP contribution in [0.2, 0.25) is 0 Å². The molecule has 2 nitrogen and oxygen atoms in total. The molecule has 5 heteroatoms. The average molecular weight is 274 g/mol. The number of fused-ring (bicyclic) bond motifs is 1. The molecular formula is C15H9F3N2. The maximum absolute atomic E-state index is 13.7. The fraction of sp³-hybridized carbons (Fsp3) is 0. The standard InChI is InChI=1S/C15H9F3N2/c16-9-6-12-13(15(18)14(9)17)10(19)7-11(20-12)8-4-2-1-3-5-8/h1-7H,(H2,19,20). The number of rotatable bonds is 1. The van der Waals surface area contributed by atoms with Gasteiger partial charge in [0.1, 0.15) is 0 Å². The molecule has 2 N–H and O–H groups in total. The van der Waals surface area contributed by atoms with Crippen molar-refractivity contribution in [1.82, 2.24) is 4.98 Å². The summed E-state index contributed by atoms with van der Waals surface area (Å²) in [5.74, 6) is -4.14. The number of hydrogen-bond acceptors (Lipinski definition) is 2. The van der Waals surface area contributed by atoms with E-state index < -0.39 is 17.5 Å². The third-order valence-corrected chi connectivity index (χ3v) is 3.03. The molecule has 0 radical (unpaired) electrons. The topological polar surface area (TPSA) is 38.9 Å². The summed E-state index contributed by atoms with van der Waals surface area (Å²) in [6.45, 7) is 0. The largest absolute Gasteiger partial charge is 0.398 e. The Hall–Kier alpha value is -2.56. The Morgan fingerprint density at radius 1 is 0.900 bits per heavy atom. The van der Waals surface area contributed by atoms with E-state index in [0.717, 1.165) is 11.6 Å². The highest BCUT2D eigenvalue weighted by Crippen LogP contribution is 2.30. The molecule has 0 spiro atoms. The minimum absolute atomic E-state index is 0.0137. The van der Waals surface area contributed by atoms with Crippen LogP contribution in [0.15, 0.2) is 42.5 Å². The van der Waals surface area contributed by atoms with Gasteiger partial charge in [-0.15, -0.1) is 0 Å². The highest BCUT2D eigenvalue weighted by Gasteiger charge is 2.17. The minimum Gasteiger partial charge on any atom is -0.398 e. The van der Waals surface area contributed by atoms with Gasteiger partial charge in [-0.25, -0.2) is 18.2 Å². The van der Waals surface area contributed by atoms with E-state index in [4.69, 9.17) is 5.73 Å². The Morgan fingerprint density at radius 2 is 1.60 bits per heavy atom. The van der Waals surface area contributed by atoms with Crippen LogP contribution in [0.1, 0.15) is 0 Å². The Morgan fingerprint density at radius 3 is 2.30 bits per heavy atom. The lowest BCUT2D eigenvalue weighted by atomic mass is 10.1. The van der Waals surface area contributed by atoms with E-state index in [1.54, 1.807) is 12.1 Å². The number of halogens is 3. The predicted octanol–water partition coefficient (Wildman–Crippen LogP) is 3.90. The van der Waals surface area contributed by atoms with Crippen LogP contribution in [-0.2, 0) is 0 Å². The van der Waals surface area contributed by atoms with E-state index in [1.165, 1.54) is 6.07 Å². The molecule has 100 valence electrons. The van der Waals surface area contributed by atoms with Crippen LogP contribution in [0.4, 0.5) is 18.9 Å². The molecule has 3 rings (SSSR count). The van der Waals surface area contributed by atoms with Crippen LogP contribution in [0.25, 0.3) is 22.2 Å². The third kappa shape index (κ3) is 1.87. The monoisotopic (exact) mass is 274 g/mol. The van der Waals surface area contributed by atoms with Crippen LogP contribution in [0.5, 0.6) is 0 Å². The van der Waals surface area contributed by atoms with E-state index >= 15 is 0 Å². The van der Waals surface area contributed by atoms with Gasteiger partial charge in [0.2, 0.25) is 0 Å². The molecule has 0 amide bonds. The van der Waals surface area contributed by atoms with Crippen molar-refractivity contribution in [3.8, 4) is 11.3 Å². The fourth-order valence-corrected chi connectivity index (χ4v) is 2.08. The van der Waals surface area contributed by atoms with Crippen LogP contribution in [0, 0.1) is 17.5 Å². The maximum Gasteiger partial charge on any atom is 0.195 e. The molecule has 0 unspecified atom stereocenters. The van der Waals surface area contributed by atoms with Crippen molar-refractivity contribution in [2.24, 2.45) is 0 Å². The van der Waals surface area contributed by atoms with Gasteiger partial charge in [-0.3, -0.25) is 0 Å². The fourth-order valence-electron chi connectivity index (χ4n) is 2.08. The minimum atomic E-state index is -1.54. The quantitative estimate of drug-likeness (QED) is 0.683. The molecule has 0 bridgehead atoms. The van der Waals surface area contributed by atoms with E-state index in [-0.39, 0.29) is 16.6 Å². The zero-order chi connectivity index (χ0) is 14.3. The Labute approximate surface area is 112 Å². The van der Waals surface area contributed by atoms with Crippen molar-refractivity contribution < 1.29 is 13.2 Å². The van der Waals surface area contributed by atoms with E-state index in [9.17, 15) is 13.2 Å². The average Bonchev–Trinajstić information content (AvgIpc) is 2.45. The first kappa shape index (κ1) is 12.5. The first-order chi connectivity index (χ1) is 9.58. The van der Waals surface area contributed by atoms with Gasteiger partial charge in [-0.05, 0) is 6.07 Å². The second-order valence-corrected chi connectivity index (χ2v) is 4.34. The number of anilines is 1. The summed E-state index contributed by atoms with van der Waals surface area (Å²) in [5.41, 5.74) is 6.98. The number of benzene rings is 2. The van der Waals surface area contributed by atoms with Crippen molar-refractivity contribution in [2.75, 3.05) is 5.73 Å². The summed E-state index contributed by atoms with van der Waals surface area (Å²) in [5, 5.41) is -0.205. The number of pyridine rings is 1. The lowest BCUT2D eigenvalue weighted by Crippen LogP contribution is -1.99. The van der Waals surface area contributed by atoms with Gasteiger partial charge in [-0.2, -0.15) is 0 Å². The van der Waals surface area contributed by atoms with Crippen LogP contribution in [-0.4, -0.2) is 4.98 Å². The van der Waals surface area contributed by atoms with Gasteiger partial charge in [0.25, 0.3) is 0 Å². The zero-order valence-electron chi connectivity index (χ0n) is 10.2. The molecule has 0 aliphatic carbocycles. The molecule has 2 aromatic carbocycles. The summed E-state index contributed by atoms with van der Waals surface area (Å²) < 4.78 is 40.2. The van der Waals surface area contributed by atoms with Gasteiger partial charge in [0.15, 0.2) is 17.5 Å². The summed E-state index contributed by atoms with van der Waals surface area (Å²) in [6.07, 6.45) is 0. The summed E-state index contributed by atoms with van der Waals surface area (Å²) in [4.78, 5) is 4.14. The van der Waals surface area contributed by atoms with E-state index in [2.05, 4.69) is 4.98 Å². The van der Waals surface area contributed by atoms with Gasteiger partial charge in [0, 0.05) is 17.3 Å². The van der Waals surface area contributed by atoms with Crippen molar-refractivity contribution >= 4 is 16.6 Å². The maximum atomic E-state index is 13.7. The normalized spacial score (nSPS) is 10.9. The number of nitrogens with zero attached hydrogens (tertiary/aromatic N) is 1. The van der Waals surface area contributed by atoms with Crippen LogP contribution >= 0.6 is 0 Å². The number of nitrogens with two attached hydrogens (primary N) is 1. The first-order valence-corrected chi connectivity index (χ1v) is 5.87. The second kappa shape index (κ2) is 4.52. The first-order valence-electron chi connectivity index (χ1n) is 5.87. The van der Waals surface area contributed by atoms with Crippen LogP contribution < -0.4 is 5.73 Å². The molecule has 20 heavy (non-hydrogen) atoms. The summed E-state index contributed by atoms with van der Waals surface area (Å²) in [7, 11) is 0. The Kier molecular flexibility index (Phi) is 2.82. The molecule has 0 fully saturated rings. The predicted molar refractivity (Wildman–Crippen MR) is 71.5 cm³/mol. The van der Waals surface area contributed by atoms with Gasteiger partial charge in [0.05, 0.1) is 16.6 Å². The second-order valence-electron chi connectivity index (χ2n) is 4.34. The van der Waals surface area contributed by atoms with Gasteiger partial charge < -0.3 is 5.73 Å². The van der Waals surface area contributed by atoms with E-state index in [0.29, 0.717) is 5.69 Å². The molecule has 3 aromatic rings. The van der Waals surface area contributed by atoms with Crippen molar-refractivity contribution in [2.45, 2.75) is 0 Å². The van der Waals surface area contributed by atoms with Gasteiger partial charge in [-0.1, -0.05) is 30.3 Å². The zero-order valence-corrected chi connectivity index (χ0v) is 10.2.